The molecule has 2 amide bonds. The lowest BCUT2D eigenvalue weighted by atomic mass is 10.1. The van der Waals surface area contributed by atoms with E-state index in [1.54, 1.807) is 47.8 Å². The summed E-state index contributed by atoms with van der Waals surface area (Å²) in [5.74, 6) is -1.72. The Morgan fingerprint density at radius 2 is 1.71 bits per heavy atom. The van der Waals surface area contributed by atoms with Crippen molar-refractivity contribution < 1.29 is 32.6 Å². The summed E-state index contributed by atoms with van der Waals surface area (Å²) in [6.45, 7) is 2.77. The molecule has 0 spiro atoms. The van der Waals surface area contributed by atoms with Gasteiger partial charge in [0, 0.05) is 35.5 Å². The number of hydrogen-bond acceptors (Lipinski definition) is 9. The van der Waals surface area contributed by atoms with Gasteiger partial charge in [0.1, 0.15) is 16.4 Å². The number of thiophene rings is 1. The second-order valence-electron chi connectivity index (χ2n) is 8.83. The van der Waals surface area contributed by atoms with E-state index >= 15 is 0 Å². The minimum Gasteiger partial charge on any atom is -0.465 e. The number of benzene rings is 2. The standard InChI is InChI=1S/C27H23F3N6O4S/c28-27(29,30)20-15-31-25(32-17-6-8-18(9-7-17)36-10-12-40-13-11-36)34-22(20)33-24-19(23(37)35-26(38)39)14-21(41-24)16-4-2-1-3-5-16/h1-9,14-15H,10-13H2,(H,35,37)(H,38,39)(H2,31,32,33,34). The third kappa shape index (κ3) is 6.73. The highest BCUT2D eigenvalue weighted by Crippen LogP contribution is 2.40. The molecule has 212 valence electrons. The minimum atomic E-state index is -4.82. The predicted molar refractivity (Wildman–Crippen MR) is 148 cm³/mol. The number of carbonyl (C=O) groups is 2. The topological polar surface area (TPSA) is 129 Å². The van der Waals surface area contributed by atoms with Crippen LogP contribution in [-0.4, -0.2) is 53.4 Å². The van der Waals surface area contributed by atoms with Gasteiger partial charge in [-0.25, -0.2) is 9.78 Å². The molecular formula is C27H23F3N6O4S. The number of aromatic nitrogens is 2. The Morgan fingerprint density at radius 1 is 1.00 bits per heavy atom. The van der Waals surface area contributed by atoms with E-state index in [9.17, 15) is 22.8 Å². The Kier molecular flexibility index (Phi) is 8.03. The van der Waals surface area contributed by atoms with Gasteiger partial charge >= 0.3 is 12.3 Å². The maximum atomic E-state index is 13.9. The number of nitrogens with one attached hydrogen (secondary N) is 3. The average Bonchev–Trinajstić information content (AvgIpc) is 3.37. The monoisotopic (exact) mass is 584 g/mol. The molecule has 0 aliphatic carbocycles. The van der Waals surface area contributed by atoms with Crippen LogP contribution in [-0.2, 0) is 10.9 Å². The number of morpholine rings is 1. The first-order valence-electron chi connectivity index (χ1n) is 12.3. The molecule has 2 aromatic heterocycles. The van der Waals surface area contributed by atoms with E-state index in [0.29, 0.717) is 35.5 Å². The van der Waals surface area contributed by atoms with Crippen LogP contribution in [0.1, 0.15) is 15.9 Å². The van der Waals surface area contributed by atoms with Crippen LogP contribution in [0.25, 0.3) is 10.4 Å². The second-order valence-corrected chi connectivity index (χ2v) is 9.88. The molecule has 0 atom stereocenters. The summed E-state index contributed by atoms with van der Waals surface area (Å²) >= 11 is 0.981. The van der Waals surface area contributed by atoms with Crippen LogP contribution in [0.2, 0.25) is 0 Å². The van der Waals surface area contributed by atoms with E-state index < -0.39 is 29.6 Å². The molecule has 1 aliphatic rings. The lowest BCUT2D eigenvalue weighted by Crippen LogP contribution is -2.36. The molecule has 1 aliphatic heterocycles. The highest BCUT2D eigenvalue weighted by Gasteiger charge is 2.36. The lowest BCUT2D eigenvalue weighted by molar-refractivity contribution is -0.137. The van der Waals surface area contributed by atoms with Crippen molar-refractivity contribution in [2.45, 2.75) is 6.18 Å². The van der Waals surface area contributed by atoms with Crippen LogP contribution < -0.4 is 20.9 Å². The molecule has 1 fully saturated rings. The summed E-state index contributed by atoms with van der Waals surface area (Å²) in [5, 5.41) is 16.3. The number of carbonyl (C=O) groups excluding carboxylic acids is 1. The third-order valence-electron chi connectivity index (χ3n) is 6.08. The van der Waals surface area contributed by atoms with Crippen LogP contribution in [0.5, 0.6) is 0 Å². The van der Waals surface area contributed by atoms with Gasteiger partial charge in [-0.3, -0.25) is 10.1 Å². The van der Waals surface area contributed by atoms with Crippen LogP contribution in [0.4, 0.5) is 46.1 Å². The molecule has 14 heteroatoms. The van der Waals surface area contributed by atoms with Crippen molar-refractivity contribution in [3.05, 3.63) is 78.0 Å². The fourth-order valence-corrected chi connectivity index (χ4v) is 5.18. The molecule has 0 bridgehead atoms. The molecule has 1 saturated heterocycles. The molecule has 3 heterocycles. The summed E-state index contributed by atoms with van der Waals surface area (Å²) in [4.78, 5) is 34.3. The highest BCUT2D eigenvalue weighted by atomic mass is 32.1. The summed E-state index contributed by atoms with van der Waals surface area (Å²) in [6.07, 6.45) is -5.77. The largest absolute Gasteiger partial charge is 0.465 e. The zero-order valence-corrected chi connectivity index (χ0v) is 22.1. The van der Waals surface area contributed by atoms with E-state index in [1.807, 2.05) is 12.1 Å². The predicted octanol–water partition coefficient (Wildman–Crippen LogP) is 5.96. The molecule has 4 N–H and O–H groups in total. The van der Waals surface area contributed by atoms with Gasteiger partial charge in [0.2, 0.25) is 5.95 Å². The number of imide groups is 1. The number of rotatable bonds is 7. The van der Waals surface area contributed by atoms with Crippen molar-refractivity contribution in [1.29, 1.82) is 0 Å². The molecule has 0 saturated carbocycles. The Balaban J connectivity index is 1.46. The second kappa shape index (κ2) is 11.8. The molecule has 4 aromatic rings. The minimum absolute atomic E-state index is 0.0207. The number of hydrogen-bond donors (Lipinski definition) is 4. The molecule has 0 radical (unpaired) electrons. The number of alkyl halides is 3. The van der Waals surface area contributed by atoms with Crippen molar-refractivity contribution in [1.82, 2.24) is 15.3 Å². The molecule has 2 aromatic carbocycles. The fraction of sp³-hybridized carbons (Fsp3) is 0.185. The van der Waals surface area contributed by atoms with Gasteiger partial charge < -0.3 is 25.4 Å². The van der Waals surface area contributed by atoms with Gasteiger partial charge in [0.25, 0.3) is 5.91 Å². The van der Waals surface area contributed by atoms with E-state index in [0.717, 1.165) is 30.1 Å². The summed E-state index contributed by atoms with van der Waals surface area (Å²) in [5.41, 5.74) is 0.906. The Bertz CT molecular complexity index is 1540. The first kappa shape index (κ1) is 27.9. The average molecular weight is 585 g/mol. The molecule has 5 rings (SSSR count). The van der Waals surface area contributed by atoms with Gasteiger partial charge in [-0.1, -0.05) is 30.3 Å². The van der Waals surface area contributed by atoms with Crippen LogP contribution in [0.3, 0.4) is 0 Å². The number of halogens is 3. The Labute approximate surface area is 235 Å². The summed E-state index contributed by atoms with van der Waals surface area (Å²) in [7, 11) is 0. The smallest absolute Gasteiger partial charge is 0.421 e. The Morgan fingerprint density at radius 3 is 2.37 bits per heavy atom. The maximum absolute atomic E-state index is 13.9. The maximum Gasteiger partial charge on any atom is 0.421 e. The van der Waals surface area contributed by atoms with E-state index in [1.165, 1.54) is 6.07 Å². The third-order valence-corrected chi connectivity index (χ3v) is 7.18. The SMILES string of the molecule is O=C(O)NC(=O)c1cc(-c2ccccc2)sc1Nc1nc(Nc2ccc(N3CCOCC3)cc2)ncc1C(F)(F)F. The van der Waals surface area contributed by atoms with E-state index in [4.69, 9.17) is 9.84 Å². The molecule has 41 heavy (non-hydrogen) atoms. The molecule has 0 unspecified atom stereocenters. The zero-order valence-electron chi connectivity index (χ0n) is 21.2. The van der Waals surface area contributed by atoms with E-state index in [2.05, 4.69) is 25.5 Å². The number of ether oxygens (including phenoxy) is 1. The van der Waals surface area contributed by atoms with Gasteiger partial charge in [0.15, 0.2) is 0 Å². The van der Waals surface area contributed by atoms with Crippen LogP contribution >= 0.6 is 11.3 Å². The quantitative estimate of drug-likeness (QED) is 0.208. The van der Waals surface area contributed by atoms with Crippen molar-refractivity contribution >= 4 is 51.5 Å². The Hall–Kier alpha value is -4.69. The first-order valence-corrected chi connectivity index (χ1v) is 13.1. The van der Waals surface area contributed by atoms with Crippen LogP contribution in [0.15, 0.2) is 66.9 Å². The van der Waals surface area contributed by atoms with Crippen molar-refractivity contribution in [3.8, 4) is 10.4 Å². The molecular weight excluding hydrogens is 561 g/mol. The fourth-order valence-electron chi connectivity index (χ4n) is 4.12. The number of anilines is 5. The highest BCUT2D eigenvalue weighted by molar-refractivity contribution is 7.20. The van der Waals surface area contributed by atoms with Gasteiger partial charge in [-0.15, -0.1) is 11.3 Å². The summed E-state index contributed by atoms with van der Waals surface area (Å²) < 4.78 is 47.1. The normalized spacial score (nSPS) is 13.5. The lowest BCUT2D eigenvalue weighted by Gasteiger charge is -2.28. The molecule has 10 nitrogen and oxygen atoms in total. The zero-order chi connectivity index (χ0) is 29.0. The van der Waals surface area contributed by atoms with Gasteiger partial charge in [-0.2, -0.15) is 18.2 Å². The number of amides is 2. The number of carboxylic acid groups (broad SMARTS) is 1. The summed E-state index contributed by atoms with van der Waals surface area (Å²) in [6, 6.07) is 17.5. The van der Waals surface area contributed by atoms with Crippen molar-refractivity contribution in [2.75, 3.05) is 41.8 Å². The van der Waals surface area contributed by atoms with E-state index in [-0.39, 0.29) is 16.5 Å². The van der Waals surface area contributed by atoms with Crippen LogP contribution in [0, 0.1) is 0 Å². The van der Waals surface area contributed by atoms with Gasteiger partial charge in [-0.05, 0) is 35.9 Å². The van der Waals surface area contributed by atoms with Crippen molar-refractivity contribution in [3.63, 3.8) is 0 Å². The number of nitrogens with zero attached hydrogens (tertiary/aromatic N) is 3. The first-order chi connectivity index (χ1) is 19.7. The van der Waals surface area contributed by atoms with Crippen molar-refractivity contribution in [2.24, 2.45) is 0 Å². The van der Waals surface area contributed by atoms with Gasteiger partial charge in [0.05, 0.1) is 18.8 Å².